The maximum Gasteiger partial charge on any atom is 0.272 e. The van der Waals surface area contributed by atoms with Crippen LogP contribution in [-0.2, 0) is 10.0 Å². The molecule has 0 saturated carbocycles. The van der Waals surface area contributed by atoms with Gasteiger partial charge in [0.25, 0.3) is 27.5 Å². The molecular formula is C20H15FN4O6S. The molecule has 3 aromatic rings. The first kappa shape index (κ1) is 22.4. The zero-order chi connectivity index (χ0) is 23.3. The van der Waals surface area contributed by atoms with Gasteiger partial charge in [0.15, 0.2) is 0 Å². The van der Waals surface area contributed by atoms with Gasteiger partial charge in [-0.2, -0.15) is 0 Å². The topological polar surface area (TPSA) is 148 Å². The third kappa shape index (κ3) is 5.23. The number of nitrogens with zero attached hydrogens (tertiary/aromatic N) is 1. The molecule has 3 N–H and O–H groups in total. The van der Waals surface area contributed by atoms with E-state index < -0.39 is 32.6 Å². The molecule has 0 radical (unpaired) electrons. The van der Waals surface area contributed by atoms with Crippen molar-refractivity contribution in [2.45, 2.75) is 4.90 Å². The lowest BCUT2D eigenvalue weighted by molar-refractivity contribution is -0.385. The zero-order valence-electron chi connectivity index (χ0n) is 16.1. The van der Waals surface area contributed by atoms with E-state index >= 15 is 0 Å². The van der Waals surface area contributed by atoms with E-state index in [2.05, 4.69) is 15.6 Å². The van der Waals surface area contributed by atoms with Crippen molar-refractivity contribution < 1.29 is 27.3 Å². The molecule has 3 aromatic carbocycles. The van der Waals surface area contributed by atoms with Crippen LogP contribution < -0.4 is 15.6 Å². The molecule has 12 heteroatoms. The van der Waals surface area contributed by atoms with E-state index in [4.69, 9.17) is 0 Å². The van der Waals surface area contributed by atoms with Gasteiger partial charge in [0.05, 0.1) is 15.4 Å². The van der Waals surface area contributed by atoms with Gasteiger partial charge < -0.3 is 0 Å². The lowest BCUT2D eigenvalue weighted by Gasteiger charge is -2.10. The summed E-state index contributed by atoms with van der Waals surface area (Å²) in [6.07, 6.45) is 0. The summed E-state index contributed by atoms with van der Waals surface area (Å²) in [5.41, 5.74) is 3.76. The maximum absolute atomic E-state index is 13.6. The summed E-state index contributed by atoms with van der Waals surface area (Å²) in [5, 5.41) is 10.8. The molecule has 10 nitrogen and oxygen atoms in total. The molecule has 0 fully saturated rings. The van der Waals surface area contributed by atoms with Crippen LogP contribution in [0.1, 0.15) is 20.7 Å². The van der Waals surface area contributed by atoms with E-state index in [0.29, 0.717) is 0 Å². The Bertz CT molecular complexity index is 1300. The summed E-state index contributed by atoms with van der Waals surface area (Å²) >= 11 is 0. The Hall–Kier alpha value is -4.32. The standard InChI is InChI=1S/C20H15FN4O6S/c21-18-7-2-1-6-17(18)20(27)23-22-19(26)13-8-10-14(11-9-13)24-32(30,31)16-5-3-4-15(12-16)25(28)29/h1-12,24H,(H,22,26)(H,23,27). The van der Waals surface area contributed by atoms with E-state index in [-0.39, 0.29) is 27.4 Å². The van der Waals surface area contributed by atoms with Gasteiger partial charge in [0, 0.05) is 23.4 Å². The summed E-state index contributed by atoms with van der Waals surface area (Å²) < 4.78 is 40.7. The quantitative estimate of drug-likeness (QED) is 0.382. The van der Waals surface area contributed by atoms with Crippen molar-refractivity contribution in [1.29, 1.82) is 0 Å². The van der Waals surface area contributed by atoms with Gasteiger partial charge in [0.1, 0.15) is 5.82 Å². The van der Waals surface area contributed by atoms with Crippen LogP contribution in [0.25, 0.3) is 0 Å². The second kappa shape index (κ2) is 9.22. The first-order valence-electron chi connectivity index (χ1n) is 8.90. The van der Waals surface area contributed by atoms with Gasteiger partial charge in [-0.1, -0.05) is 18.2 Å². The number of amides is 2. The lowest BCUT2D eigenvalue weighted by Crippen LogP contribution is -2.41. The van der Waals surface area contributed by atoms with E-state index in [9.17, 15) is 32.5 Å². The van der Waals surface area contributed by atoms with Crippen LogP contribution in [0, 0.1) is 15.9 Å². The highest BCUT2D eigenvalue weighted by atomic mass is 32.2. The van der Waals surface area contributed by atoms with Crippen LogP contribution in [0.15, 0.2) is 77.7 Å². The van der Waals surface area contributed by atoms with Gasteiger partial charge in [0.2, 0.25) is 0 Å². The van der Waals surface area contributed by atoms with Crippen molar-refractivity contribution in [2.75, 3.05) is 4.72 Å². The highest BCUT2D eigenvalue weighted by molar-refractivity contribution is 7.92. The minimum atomic E-state index is -4.11. The van der Waals surface area contributed by atoms with Crippen LogP contribution in [0.2, 0.25) is 0 Å². The summed E-state index contributed by atoms with van der Waals surface area (Å²) in [4.78, 5) is 33.9. The van der Waals surface area contributed by atoms with Crippen molar-refractivity contribution in [3.63, 3.8) is 0 Å². The average molecular weight is 458 g/mol. The Morgan fingerprint density at radius 1 is 0.875 bits per heavy atom. The summed E-state index contributed by atoms with van der Waals surface area (Å²) in [6.45, 7) is 0. The minimum absolute atomic E-state index is 0.0807. The molecular weight excluding hydrogens is 443 g/mol. The number of sulfonamides is 1. The fourth-order valence-corrected chi connectivity index (χ4v) is 3.66. The molecule has 32 heavy (non-hydrogen) atoms. The molecule has 0 atom stereocenters. The zero-order valence-corrected chi connectivity index (χ0v) is 16.9. The third-order valence-electron chi connectivity index (χ3n) is 4.15. The molecule has 0 aromatic heterocycles. The minimum Gasteiger partial charge on any atom is -0.280 e. The monoisotopic (exact) mass is 458 g/mol. The lowest BCUT2D eigenvalue weighted by atomic mass is 10.2. The molecule has 164 valence electrons. The average Bonchev–Trinajstić information content (AvgIpc) is 2.78. The largest absolute Gasteiger partial charge is 0.280 e. The number of halogens is 1. The van der Waals surface area contributed by atoms with Gasteiger partial charge in [-0.3, -0.25) is 35.3 Å². The summed E-state index contributed by atoms with van der Waals surface area (Å²) in [7, 11) is -4.11. The Labute approximate surface area is 181 Å². The van der Waals surface area contributed by atoms with Crippen molar-refractivity contribution in [3.05, 3.63) is 99.9 Å². The number of hydrogen-bond acceptors (Lipinski definition) is 6. The van der Waals surface area contributed by atoms with Crippen LogP contribution in [0.5, 0.6) is 0 Å². The van der Waals surface area contributed by atoms with Crippen LogP contribution in [0.4, 0.5) is 15.8 Å². The van der Waals surface area contributed by atoms with Gasteiger partial charge in [-0.15, -0.1) is 0 Å². The van der Waals surface area contributed by atoms with Crippen molar-refractivity contribution in [3.8, 4) is 0 Å². The molecule has 0 aliphatic heterocycles. The molecule has 0 unspecified atom stereocenters. The predicted octanol–water partition coefficient (Wildman–Crippen LogP) is 2.61. The van der Waals surface area contributed by atoms with E-state index in [1.54, 1.807) is 0 Å². The van der Waals surface area contributed by atoms with Crippen LogP contribution in [0.3, 0.4) is 0 Å². The van der Waals surface area contributed by atoms with Crippen molar-refractivity contribution >= 4 is 33.2 Å². The third-order valence-corrected chi connectivity index (χ3v) is 5.53. The first-order valence-corrected chi connectivity index (χ1v) is 10.4. The fraction of sp³-hybridized carbons (Fsp3) is 0. The predicted molar refractivity (Wildman–Crippen MR) is 112 cm³/mol. The number of carbonyl (C=O) groups is 2. The highest BCUT2D eigenvalue weighted by Crippen LogP contribution is 2.20. The number of benzene rings is 3. The second-order valence-electron chi connectivity index (χ2n) is 6.33. The molecule has 0 heterocycles. The number of non-ortho nitro benzene ring substituents is 1. The van der Waals surface area contributed by atoms with E-state index in [0.717, 1.165) is 18.2 Å². The Kier molecular flexibility index (Phi) is 6.45. The van der Waals surface area contributed by atoms with Gasteiger partial charge >= 0.3 is 0 Å². The number of rotatable bonds is 6. The Balaban J connectivity index is 1.65. The smallest absolute Gasteiger partial charge is 0.272 e. The molecule has 0 spiro atoms. The highest BCUT2D eigenvalue weighted by Gasteiger charge is 2.18. The SMILES string of the molecule is O=C(NNC(=O)c1ccccc1F)c1ccc(NS(=O)(=O)c2cccc([N+](=O)[O-])c2)cc1. The number of nitro groups is 1. The number of carbonyl (C=O) groups excluding carboxylic acids is 2. The number of nitro benzene ring substituents is 1. The summed E-state index contributed by atoms with van der Waals surface area (Å²) in [6, 6.07) is 14.9. The summed E-state index contributed by atoms with van der Waals surface area (Å²) in [5.74, 6) is -2.32. The molecule has 0 aliphatic rings. The van der Waals surface area contributed by atoms with Crippen molar-refractivity contribution in [1.82, 2.24) is 10.9 Å². The van der Waals surface area contributed by atoms with Gasteiger partial charge in [-0.05, 0) is 42.5 Å². The van der Waals surface area contributed by atoms with Gasteiger partial charge in [-0.25, -0.2) is 12.8 Å². The van der Waals surface area contributed by atoms with E-state index in [1.165, 1.54) is 54.6 Å². The first-order chi connectivity index (χ1) is 15.2. The van der Waals surface area contributed by atoms with Crippen LogP contribution in [-0.4, -0.2) is 25.2 Å². The second-order valence-corrected chi connectivity index (χ2v) is 8.01. The number of nitrogens with one attached hydrogen (secondary N) is 3. The Morgan fingerprint density at radius 3 is 2.19 bits per heavy atom. The molecule has 0 saturated heterocycles. The molecule has 2 amide bonds. The molecule has 3 rings (SSSR count). The van der Waals surface area contributed by atoms with Crippen molar-refractivity contribution in [2.24, 2.45) is 0 Å². The number of hydrogen-bond donors (Lipinski definition) is 3. The maximum atomic E-state index is 13.6. The Morgan fingerprint density at radius 2 is 1.53 bits per heavy atom. The fourth-order valence-electron chi connectivity index (χ4n) is 2.57. The molecule has 0 bridgehead atoms. The number of anilines is 1. The normalized spacial score (nSPS) is 10.8. The number of hydrazine groups is 1. The van der Waals surface area contributed by atoms with E-state index in [1.807, 2.05) is 0 Å². The van der Waals surface area contributed by atoms with Crippen LogP contribution >= 0.6 is 0 Å². The molecule has 0 aliphatic carbocycles.